The predicted molar refractivity (Wildman–Crippen MR) is 144 cm³/mol. The summed E-state index contributed by atoms with van der Waals surface area (Å²) < 4.78 is 11.5. The van der Waals surface area contributed by atoms with Crippen molar-refractivity contribution >= 4 is 5.88 Å². The smallest absolute Gasteiger partial charge is 0.232 e. The molecule has 1 saturated heterocycles. The molecule has 3 aromatic rings. The molecule has 0 unspecified atom stereocenters. The number of rotatable bonds is 13. The number of hydrogen-bond acceptors (Lipinski definition) is 7. The summed E-state index contributed by atoms with van der Waals surface area (Å²) in [6, 6.07) is 20.5. The quantitative estimate of drug-likeness (QED) is 0.388. The Morgan fingerprint density at radius 2 is 1.64 bits per heavy atom. The highest BCUT2D eigenvalue weighted by Gasteiger charge is 2.25. The molecule has 2 heterocycles. The Labute approximate surface area is 215 Å². The molecule has 0 radical (unpaired) electrons. The molecule has 4 rings (SSSR count). The molecule has 0 aliphatic carbocycles. The van der Waals surface area contributed by atoms with Gasteiger partial charge >= 0.3 is 0 Å². The Kier molecular flexibility index (Phi) is 9.93. The van der Waals surface area contributed by atoms with Crippen molar-refractivity contribution < 1.29 is 14.4 Å². The lowest BCUT2D eigenvalue weighted by Gasteiger charge is -2.31. The molecule has 194 valence electrons. The van der Waals surface area contributed by atoms with Crippen LogP contribution in [0.5, 0.6) is 0 Å². The van der Waals surface area contributed by atoms with Crippen LogP contribution in [0.2, 0.25) is 0 Å². The van der Waals surface area contributed by atoms with E-state index in [-0.39, 0.29) is 0 Å². The van der Waals surface area contributed by atoms with Crippen molar-refractivity contribution in [3.8, 4) is 11.3 Å². The first-order valence-electron chi connectivity index (χ1n) is 13.2. The van der Waals surface area contributed by atoms with Crippen LogP contribution in [0.25, 0.3) is 11.3 Å². The lowest BCUT2D eigenvalue weighted by Crippen LogP contribution is -2.43. The Hall–Kier alpha value is -2.71. The van der Waals surface area contributed by atoms with Gasteiger partial charge < -0.3 is 19.3 Å². The SMILES string of the molecule is CCN(CC)c1onc(-c2ccccc2)c1CN(CCN1CCOCC1)C[C@H](O)Cc1ccccc1. The second-order valence-electron chi connectivity index (χ2n) is 9.39. The Balaban J connectivity index is 1.57. The first-order valence-corrected chi connectivity index (χ1v) is 13.2. The molecule has 1 aliphatic rings. The van der Waals surface area contributed by atoms with Gasteiger partial charge in [0.05, 0.1) is 24.9 Å². The molecular weight excluding hydrogens is 452 g/mol. The normalized spacial score (nSPS) is 15.3. The van der Waals surface area contributed by atoms with Gasteiger partial charge in [0.2, 0.25) is 5.88 Å². The maximum atomic E-state index is 11.1. The zero-order valence-electron chi connectivity index (χ0n) is 21.7. The van der Waals surface area contributed by atoms with Gasteiger partial charge in [-0.1, -0.05) is 65.8 Å². The molecule has 36 heavy (non-hydrogen) atoms. The Morgan fingerprint density at radius 3 is 2.31 bits per heavy atom. The number of benzene rings is 2. The lowest BCUT2D eigenvalue weighted by atomic mass is 10.1. The van der Waals surface area contributed by atoms with Gasteiger partial charge in [-0.3, -0.25) is 9.80 Å². The van der Waals surface area contributed by atoms with Crippen LogP contribution in [-0.2, 0) is 17.7 Å². The number of aliphatic hydroxyl groups excluding tert-OH is 1. The topological polar surface area (TPSA) is 65.2 Å². The minimum absolute atomic E-state index is 0.464. The number of aliphatic hydroxyl groups is 1. The van der Waals surface area contributed by atoms with E-state index in [9.17, 15) is 5.11 Å². The standard InChI is InChI=1S/C29H40N4O3/c1-3-33(4-2)29-27(28(30-36-29)25-13-9-6-10-14-25)23-32(16-15-31-17-19-35-20-18-31)22-26(34)21-24-11-7-5-8-12-24/h5-14,26,34H,3-4,15-23H2,1-2H3/t26-/m1/s1. The van der Waals surface area contributed by atoms with E-state index in [0.29, 0.717) is 19.5 Å². The molecule has 0 amide bonds. The first kappa shape index (κ1) is 26.4. The van der Waals surface area contributed by atoms with Gasteiger partial charge in [-0.2, -0.15) is 0 Å². The van der Waals surface area contributed by atoms with Crippen LogP contribution in [0.3, 0.4) is 0 Å². The molecular formula is C29H40N4O3. The minimum Gasteiger partial charge on any atom is -0.391 e. The Morgan fingerprint density at radius 1 is 0.972 bits per heavy atom. The summed E-state index contributed by atoms with van der Waals surface area (Å²) in [5, 5.41) is 15.6. The number of anilines is 1. The third kappa shape index (κ3) is 7.17. The van der Waals surface area contributed by atoms with Crippen molar-refractivity contribution in [1.82, 2.24) is 15.0 Å². The van der Waals surface area contributed by atoms with Crippen molar-refractivity contribution in [3.05, 3.63) is 71.8 Å². The largest absolute Gasteiger partial charge is 0.391 e. The maximum Gasteiger partial charge on any atom is 0.232 e. The molecule has 1 N–H and O–H groups in total. The van der Waals surface area contributed by atoms with Crippen LogP contribution in [0.4, 0.5) is 5.88 Å². The van der Waals surface area contributed by atoms with Gasteiger partial charge in [0, 0.05) is 57.9 Å². The summed E-state index contributed by atoms with van der Waals surface area (Å²) in [5.41, 5.74) is 4.16. The van der Waals surface area contributed by atoms with Crippen molar-refractivity contribution in [2.24, 2.45) is 0 Å². The second kappa shape index (κ2) is 13.6. The summed E-state index contributed by atoms with van der Waals surface area (Å²) in [6.45, 7) is 12.5. The summed E-state index contributed by atoms with van der Waals surface area (Å²) in [7, 11) is 0. The number of morpholine rings is 1. The fraction of sp³-hybridized carbons (Fsp3) is 0.483. The number of ether oxygens (including phenoxy) is 1. The first-order chi connectivity index (χ1) is 17.7. The van der Waals surface area contributed by atoms with E-state index in [1.54, 1.807) is 0 Å². The predicted octanol–water partition coefficient (Wildman–Crippen LogP) is 3.93. The molecule has 0 bridgehead atoms. The van der Waals surface area contributed by atoms with Gasteiger partial charge in [-0.05, 0) is 25.8 Å². The number of hydrogen-bond donors (Lipinski definition) is 1. The van der Waals surface area contributed by atoms with Gasteiger partial charge in [0.1, 0.15) is 5.69 Å². The molecule has 1 aliphatic heterocycles. The van der Waals surface area contributed by atoms with Crippen molar-refractivity contribution in [2.45, 2.75) is 32.9 Å². The van der Waals surface area contributed by atoms with Crippen LogP contribution in [0.15, 0.2) is 65.2 Å². The highest BCUT2D eigenvalue weighted by Crippen LogP contribution is 2.32. The molecule has 0 saturated carbocycles. The molecule has 7 nitrogen and oxygen atoms in total. The van der Waals surface area contributed by atoms with Crippen LogP contribution in [-0.4, -0.2) is 85.2 Å². The van der Waals surface area contributed by atoms with Gasteiger partial charge in [0.15, 0.2) is 0 Å². The van der Waals surface area contributed by atoms with E-state index < -0.39 is 6.10 Å². The van der Waals surface area contributed by atoms with E-state index >= 15 is 0 Å². The maximum absolute atomic E-state index is 11.1. The zero-order chi connectivity index (χ0) is 25.2. The summed E-state index contributed by atoms with van der Waals surface area (Å²) in [4.78, 5) is 7.02. The van der Waals surface area contributed by atoms with Gasteiger partial charge in [0.25, 0.3) is 0 Å². The van der Waals surface area contributed by atoms with Gasteiger partial charge in [-0.15, -0.1) is 0 Å². The highest BCUT2D eigenvalue weighted by molar-refractivity contribution is 5.68. The van der Waals surface area contributed by atoms with Crippen LogP contribution in [0, 0.1) is 0 Å². The highest BCUT2D eigenvalue weighted by atomic mass is 16.5. The molecule has 2 aromatic carbocycles. The lowest BCUT2D eigenvalue weighted by molar-refractivity contribution is 0.0292. The van der Waals surface area contributed by atoms with E-state index in [1.165, 1.54) is 0 Å². The molecule has 1 fully saturated rings. The van der Waals surface area contributed by atoms with Crippen LogP contribution >= 0.6 is 0 Å². The summed E-state index contributed by atoms with van der Waals surface area (Å²) in [6.07, 6.45) is 0.168. The van der Waals surface area contributed by atoms with Crippen LogP contribution < -0.4 is 4.90 Å². The Bertz CT molecular complexity index is 1020. The molecule has 1 aromatic heterocycles. The minimum atomic E-state index is -0.464. The van der Waals surface area contributed by atoms with E-state index in [1.807, 2.05) is 36.4 Å². The van der Waals surface area contributed by atoms with E-state index in [2.05, 4.69) is 58.0 Å². The van der Waals surface area contributed by atoms with Crippen molar-refractivity contribution in [1.29, 1.82) is 0 Å². The fourth-order valence-electron chi connectivity index (χ4n) is 4.84. The average Bonchev–Trinajstić information content (AvgIpc) is 3.33. The van der Waals surface area contributed by atoms with Crippen molar-refractivity contribution in [3.63, 3.8) is 0 Å². The van der Waals surface area contributed by atoms with E-state index in [0.717, 1.165) is 80.8 Å². The third-order valence-electron chi connectivity index (χ3n) is 6.87. The number of nitrogens with zero attached hydrogens (tertiary/aromatic N) is 4. The molecule has 7 heteroatoms. The fourth-order valence-corrected chi connectivity index (χ4v) is 4.84. The average molecular weight is 493 g/mol. The summed E-state index contributed by atoms with van der Waals surface area (Å²) >= 11 is 0. The van der Waals surface area contributed by atoms with Crippen LogP contribution in [0.1, 0.15) is 25.0 Å². The summed E-state index contributed by atoms with van der Waals surface area (Å²) in [5.74, 6) is 0.827. The third-order valence-corrected chi connectivity index (χ3v) is 6.87. The monoisotopic (exact) mass is 492 g/mol. The molecule has 1 atom stereocenters. The second-order valence-corrected chi connectivity index (χ2v) is 9.39. The van der Waals surface area contributed by atoms with Crippen molar-refractivity contribution in [2.75, 3.05) is 63.9 Å². The molecule has 0 spiro atoms. The zero-order valence-corrected chi connectivity index (χ0v) is 21.7. The number of aromatic nitrogens is 1. The van der Waals surface area contributed by atoms with Gasteiger partial charge in [-0.25, -0.2) is 0 Å². The van der Waals surface area contributed by atoms with E-state index in [4.69, 9.17) is 9.26 Å².